The molecule has 11 nitrogen and oxygen atoms in total. The number of hydrogen-bond acceptors (Lipinski definition) is 9. The number of hydrogen-bond donors (Lipinski definition) is 2. The minimum atomic E-state index is -2.95. The Labute approximate surface area is 224 Å². The highest BCUT2D eigenvalue weighted by atomic mass is 19.3. The topological polar surface area (TPSA) is 122 Å². The van der Waals surface area contributed by atoms with Crippen molar-refractivity contribution in [2.24, 2.45) is 5.41 Å². The number of aliphatic hydroxyl groups is 1. The van der Waals surface area contributed by atoms with E-state index in [-0.39, 0.29) is 29.5 Å². The highest BCUT2D eigenvalue weighted by Gasteiger charge is 2.45. The van der Waals surface area contributed by atoms with Crippen LogP contribution in [0.15, 0.2) is 36.8 Å². The van der Waals surface area contributed by atoms with E-state index in [9.17, 15) is 18.7 Å². The quantitative estimate of drug-likeness (QED) is 0.442. The molecule has 2 aliphatic heterocycles. The first-order chi connectivity index (χ1) is 18.6. The number of amides is 1. The molecule has 0 bridgehead atoms. The lowest BCUT2D eigenvalue weighted by atomic mass is 9.72. The van der Waals surface area contributed by atoms with E-state index in [2.05, 4.69) is 30.0 Å². The molecule has 1 amide bonds. The van der Waals surface area contributed by atoms with Crippen LogP contribution in [0, 0.1) is 5.41 Å². The number of halogens is 2. The molecule has 2 fully saturated rings. The summed E-state index contributed by atoms with van der Waals surface area (Å²) in [5.74, 6) is 1.93. The van der Waals surface area contributed by atoms with Gasteiger partial charge in [0.2, 0.25) is 5.91 Å². The Bertz CT molecular complexity index is 1330. The van der Waals surface area contributed by atoms with Crippen LogP contribution in [0.3, 0.4) is 0 Å². The maximum Gasteiger partial charge on any atom is 0.387 e. The molecule has 0 atom stereocenters. The van der Waals surface area contributed by atoms with Crippen LogP contribution in [0.1, 0.15) is 33.6 Å². The smallest absolute Gasteiger partial charge is 0.387 e. The molecule has 0 saturated carbocycles. The van der Waals surface area contributed by atoms with Gasteiger partial charge in [0.25, 0.3) is 0 Å². The van der Waals surface area contributed by atoms with E-state index >= 15 is 0 Å². The molecule has 2 saturated heterocycles. The second-order valence-electron chi connectivity index (χ2n) is 10.8. The van der Waals surface area contributed by atoms with E-state index in [0.717, 1.165) is 39.0 Å². The number of pyridine rings is 1. The summed E-state index contributed by atoms with van der Waals surface area (Å²) in [6.45, 7) is 5.43. The number of aromatic nitrogens is 5. The number of anilines is 3. The van der Waals surface area contributed by atoms with Crippen molar-refractivity contribution in [2.45, 2.75) is 45.8 Å². The van der Waals surface area contributed by atoms with E-state index < -0.39 is 12.2 Å². The predicted octanol–water partition coefficient (Wildman–Crippen LogP) is 3.26. The van der Waals surface area contributed by atoms with Crippen molar-refractivity contribution in [3.8, 4) is 17.1 Å². The first-order valence-corrected chi connectivity index (χ1v) is 12.8. The van der Waals surface area contributed by atoms with Crippen LogP contribution >= 0.6 is 0 Å². The van der Waals surface area contributed by atoms with Crippen LogP contribution in [0.5, 0.6) is 5.75 Å². The average molecular weight is 543 g/mol. The second-order valence-corrected chi connectivity index (χ2v) is 10.8. The molecule has 1 spiro atoms. The molecule has 0 aliphatic carbocycles. The van der Waals surface area contributed by atoms with Gasteiger partial charge < -0.3 is 25.0 Å². The lowest BCUT2D eigenvalue weighted by Gasteiger charge is -2.54. The minimum absolute atomic E-state index is 0.0221. The number of ether oxygens (including phenoxy) is 1. The van der Waals surface area contributed by atoms with E-state index in [1.807, 2.05) is 18.7 Å². The summed E-state index contributed by atoms with van der Waals surface area (Å²) in [7, 11) is 0. The van der Waals surface area contributed by atoms with Crippen LogP contribution in [0.25, 0.3) is 11.4 Å². The number of nitrogens with zero attached hydrogens (tertiary/aromatic N) is 7. The van der Waals surface area contributed by atoms with Crippen molar-refractivity contribution in [2.75, 3.05) is 43.0 Å². The standard InChI is InChI=1S/C26H32F2N8O3/c1-17(38)34-8-5-26(6-9-34)14-35(15-26)22-11-21(31-20-10-19(4-7-29-20)39-24(27)28)32-23(33-22)18-12-30-36(13-18)25(2,3)16-37/h4,7,10-13,24,37H,5-6,8-9,14-16H2,1-3H3,(H,29,31,32,33). The molecule has 0 unspecified atom stereocenters. The van der Waals surface area contributed by atoms with Crippen molar-refractivity contribution < 1.29 is 23.4 Å². The third-order valence-corrected chi connectivity index (χ3v) is 7.42. The molecule has 5 rings (SSSR count). The molecule has 39 heavy (non-hydrogen) atoms. The Morgan fingerprint density at radius 2 is 1.95 bits per heavy atom. The Morgan fingerprint density at radius 3 is 2.62 bits per heavy atom. The fourth-order valence-corrected chi connectivity index (χ4v) is 4.96. The van der Waals surface area contributed by atoms with E-state index in [1.165, 1.54) is 18.3 Å². The van der Waals surface area contributed by atoms with E-state index in [4.69, 9.17) is 4.98 Å². The number of aliphatic hydroxyl groups excluding tert-OH is 1. The summed E-state index contributed by atoms with van der Waals surface area (Å²) in [6.07, 6.45) is 6.68. The summed E-state index contributed by atoms with van der Waals surface area (Å²) in [5, 5.41) is 17.2. The predicted molar refractivity (Wildman–Crippen MR) is 140 cm³/mol. The Balaban J connectivity index is 1.42. The second kappa shape index (κ2) is 10.4. The average Bonchev–Trinajstić information content (AvgIpc) is 3.38. The summed E-state index contributed by atoms with van der Waals surface area (Å²) >= 11 is 0. The number of piperidine rings is 1. The third-order valence-electron chi connectivity index (χ3n) is 7.42. The van der Waals surface area contributed by atoms with Gasteiger partial charge in [0.1, 0.15) is 23.2 Å². The van der Waals surface area contributed by atoms with Gasteiger partial charge in [-0.3, -0.25) is 9.48 Å². The number of nitrogens with one attached hydrogen (secondary N) is 1. The highest BCUT2D eigenvalue weighted by Crippen LogP contribution is 2.43. The highest BCUT2D eigenvalue weighted by molar-refractivity contribution is 5.73. The third kappa shape index (κ3) is 5.77. The Hall–Kier alpha value is -3.87. The summed E-state index contributed by atoms with van der Waals surface area (Å²) < 4.78 is 31.6. The van der Waals surface area contributed by atoms with E-state index in [0.29, 0.717) is 23.0 Å². The molecule has 0 aromatic carbocycles. The molecule has 2 N–H and O–H groups in total. The lowest BCUT2D eigenvalue weighted by molar-refractivity contribution is -0.131. The first-order valence-electron chi connectivity index (χ1n) is 12.8. The van der Waals surface area contributed by atoms with Crippen LogP contribution in [-0.4, -0.2) is 80.0 Å². The van der Waals surface area contributed by atoms with Gasteiger partial charge in [0, 0.05) is 63.0 Å². The number of rotatable bonds is 8. The van der Waals surface area contributed by atoms with Crippen molar-refractivity contribution in [3.05, 3.63) is 36.8 Å². The molecule has 13 heteroatoms. The van der Waals surface area contributed by atoms with Gasteiger partial charge in [-0.05, 0) is 32.8 Å². The largest absolute Gasteiger partial charge is 0.435 e. The minimum Gasteiger partial charge on any atom is -0.435 e. The van der Waals surface area contributed by atoms with Crippen molar-refractivity contribution in [1.29, 1.82) is 0 Å². The monoisotopic (exact) mass is 542 g/mol. The first kappa shape index (κ1) is 26.7. The van der Waals surface area contributed by atoms with Gasteiger partial charge >= 0.3 is 6.61 Å². The number of likely N-dealkylation sites (tertiary alicyclic amines) is 1. The van der Waals surface area contributed by atoms with Crippen molar-refractivity contribution >= 4 is 23.4 Å². The zero-order valence-corrected chi connectivity index (χ0v) is 22.1. The van der Waals surface area contributed by atoms with Gasteiger partial charge in [-0.15, -0.1) is 0 Å². The summed E-state index contributed by atoms with van der Waals surface area (Å²) in [4.78, 5) is 29.5. The number of alkyl halides is 2. The number of carbonyl (C=O) groups is 1. The molecule has 3 aromatic heterocycles. The molecular weight excluding hydrogens is 510 g/mol. The Kier molecular flexibility index (Phi) is 7.10. The van der Waals surface area contributed by atoms with Gasteiger partial charge in [-0.1, -0.05) is 0 Å². The summed E-state index contributed by atoms with van der Waals surface area (Å²) in [6, 6.07) is 4.52. The van der Waals surface area contributed by atoms with Gasteiger partial charge in [0.05, 0.1) is 23.9 Å². The van der Waals surface area contributed by atoms with Crippen molar-refractivity contribution in [1.82, 2.24) is 29.6 Å². The molecule has 0 radical (unpaired) electrons. The van der Waals surface area contributed by atoms with Gasteiger partial charge in [-0.2, -0.15) is 13.9 Å². The zero-order chi connectivity index (χ0) is 27.8. The zero-order valence-electron chi connectivity index (χ0n) is 22.1. The van der Waals surface area contributed by atoms with Crippen LogP contribution in [0.4, 0.5) is 26.2 Å². The summed E-state index contributed by atoms with van der Waals surface area (Å²) in [5.41, 5.74) is 0.197. The van der Waals surface area contributed by atoms with Gasteiger partial charge in [0.15, 0.2) is 5.82 Å². The van der Waals surface area contributed by atoms with Crippen molar-refractivity contribution in [3.63, 3.8) is 0 Å². The normalized spacial score (nSPS) is 16.9. The maximum absolute atomic E-state index is 12.7. The SMILES string of the molecule is CC(=O)N1CCC2(CC1)CN(c1cc(Nc3cc(OC(F)F)ccn3)nc(-c3cnn(C(C)(C)CO)c3)n1)C2. The van der Waals surface area contributed by atoms with Crippen LogP contribution < -0.4 is 15.0 Å². The number of carbonyl (C=O) groups excluding carboxylic acids is 1. The lowest BCUT2D eigenvalue weighted by Crippen LogP contribution is -2.61. The molecule has 3 aromatic rings. The van der Waals surface area contributed by atoms with E-state index in [1.54, 1.807) is 30.1 Å². The molecule has 2 aliphatic rings. The fraction of sp³-hybridized carbons (Fsp3) is 0.500. The molecular formula is C26H32F2N8O3. The van der Waals surface area contributed by atoms with Gasteiger partial charge in [-0.25, -0.2) is 15.0 Å². The molecule has 208 valence electrons. The Morgan fingerprint density at radius 1 is 1.21 bits per heavy atom. The van der Waals surface area contributed by atoms with Crippen LogP contribution in [-0.2, 0) is 10.3 Å². The fourth-order valence-electron chi connectivity index (χ4n) is 4.96. The molecule has 5 heterocycles. The maximum atomic E-state index is 12.7. The van der Waals surface area contributed by atoms with Crippen LogP contribution in [0.2, 0.25) is 0 Å².